The second-order valence-corrected chi connectivity index (χ2v) is 7.39. The lowest BCUT2D eigenvalue weighted by Crippen LogP contribution is -2.36. The lowest BCUT2D eigenvalue weighted by atomic mass is 9.98. The predicted octanol–water partition coefficient (Wildman–Crippen LogP) is 4.43. The number of carbonyl (C=O) groups is 1. The van der Waals surface area contributed by atoms with Crippen molar-refractivity contribution in [2.75, 3.05) is 25.5 Å². The van der Waals surface area contributed by atoms with Gasteiger partial charge in [-0.25, -0.2) is 4.31 Å². The average molecular weight is 401 g/mol. The number of alkyl halides is 4. The summed E-state index contributed by atoms with van der Waals surface area (Å²) >= 11 is 12.4. The summed E-state index contributed by atoms with van der Waals surface area (Å²) in [5.74, 6) is 0.131. The molecule has 3 nitrogen and oxygen atoms in total. The van der Waals surface area contributed by atoms with E-state index in [-0.39, 0.29) is 16.8 Å². The largest absolute Gasteiger partial charge is 0.417 e. The Kier molecular flexibility index (Phi) is 7.10. The molecule has 0 saturated carbocycles. The van der Waals surface area contributed by atoms with Crippen LogP contribution in [0, 0.1) is 5.92 Å². The lowest BCUT2D eigenvalue weighted by Gasteiger charge is -2.31. The first-order valence-electron chi connectivity index (χ1n) is 7.42. The molecule has 0 unspecified atom stereocenters. The molecule has 1 aromatic rings. The van der Waals surface area contributed by atoms with Crippen LogP contribution < -0.4 is 5.32 Å². The first-order chi connectivity index (χ1) is 11.3. The van der Waals surface area contributed by atoms with Gasteiger partial charge in [0.1, 0.15) is 5.88 Å². The molecule has 1 heterocycles. The fourth-order valence-corrected chi connectivity index (χ4v) is 3.75. The van der Waals surface area contributed by atoms with E-state index in [1.165, 1.54) is 18.0 Å². The molecule has 0 atom stereocenters. The monoisotopic (exact) mass is 400 g/mol. The minimum Gasteiger partial charge on any atom is -0.355 e. The Bertz CT molecular complexity index is 578. The molecule has 1 N–H and O–H groups in total. The van der Waals surface area contributed by atoms with Crippen LogP contribution in [0.3, 0.4) is 0 Å². The molecule has 0 bridgehead atoms. The molecule has 0 aromatic heterocycles. The van der Waals surface area contributed by atoms with Crippen molar-refractivity contribution in [2.24, 2.45) is 5.92 Å². The lowest BCUT2D eigenvalue weighted by molar-refractivity contribution is -0.137. The normalized spacial score (nSPS) is 17.0. The highest BCUT2D eigenvalue weighted by Gasteiger charge is 2.33. The average Bonchev–Trinajstić information content (AvgIpc) is 2.54. The topological polar surface area (TPSA) is 32.3 Å². The van der Waals surface area contributed by atoms with Crippen LogP contribution in [0.4, 0.5) is 13.2 Å². The zero-order valence-electron chi connectivity index (χ0n) is 12.7. The van der Waals surface area contributed by atoms with Gasteiger partial charge in [-0.05, 0) is 48.9 Å². The minimum atomic E-state index is -4.46. The summed E-state index contributed by atoms with van der Waals surface area (Å²) in [5, 5.41) is 2.47. The predicted molar refractivity (Wildman–Crippen MR) is 90.3 cm³/mol. The number of benzene rings is 1. The van der Waals surface area contributed by atoms with Crippen molar-refractivity contribution in [1.82, 2.24) is 9.62 Å². The van der Waals surface area contributed by atoms with Crippen molar-refractivity contribution in [1.29, 1.82) is 0 Å². The maximum Gasteiger partial charge on any atom is 0.417 e. The first kappa shape index (κ1) is 19.7. The van der Waals surface area contributed by atoms with Gasteiger partial charge in [-0.3, -0.25) is 4.79 Å². The van der Waals surface area contributed by atoms with E-state index in [4.69, 9.17) is 23.2 Å². The molecule has 2 rings (SSSR count). The highest BCUT2D eigenvalue weighted by molar-refractivity contribution is 7.97. The van der Waals surface area contributed by atoms with Crippen LogP contribution in [0.25, 0.3) is 0 Å². The van der Waals surface area contributed by atoms with Crippen LogP contribution in [-0.4, -0.2) is 35.7 Å². The maximum atomic E-state index is 12.9. The molecule has 1 saturated heterocycles. The quantitative estimate of drug-likeness (QED) is 0.585. The van der Waals surface area contributed by atoms with Crippen molar-refractivity contribution in [3.63, 3.8) is 0 Å². The third-order valence-electron chi connectivity index (χ3n) is 3.76. The number of hydrogen-bond acceptors (Lipinski definition) is 3. The van der Waals surface area contributed by atoms with E-state index in [9.17, 15) is 18.0 Å². The van der Waals surface area contributed by atoms with Gasteiger partial charge in [0.05, 0.1) is 10.6 Å². The molecule has 1 aliphatic heterocycles. The number of hydrogen-bond donors (Lipinski definition) is 1. The molecule has 0 spiro atoms. The first-order valence-corrected chi connectivity index (χ1v) is 9.10. The number of amides is 1. The molecule has 1 fully saturated rings. The fourth-order valence-electron chi connectivity index (χ4n) is 2.44. The molecule has 1 aromatic carbocycles. The van der Waals surface area contributed by atoms with E-state index in [1.807, 2.05) is 4.31 Å². The minimum absolute atomic E-state index is 0.0488. The van der Waals surface area contributed by atoms with Crippen LogP contribution >= 0.6 is 35.1 Å². The second kappa shape index (κ2) is 8.65. The van der Waals surface area contributed by atoms with E-state index in [0.717, 1.165) is 32.0 Å². The Morgan fingerprint density at radius 3 is 2.58 bits per heavy atom. The highest BCUT2D eigenvalue weighted by atomic mass is 35.5. The van der Waals surface area contributed by atoms with Crippen molar-refractivity contribution < 1.29 is 18.0 Å². The van der Waals surface area contributed by atoms with Gasteiger partial charge in [0, 0.05) is 24.5 Å². The standard InChI is InChI=1S/C15H17Cl2F3N2OS/c16-8-14(23)21-9-10-3-5-22(6-4-10)24-11-1-2-13(17)12(7-11)15(18,19)20/h1-2,7,10H,3-6,8-9H2,(H,21,23). The highest BCUT2D eigenvalue weighted by Crippen LogP contribution is 2.38. The third-order valence-corrected chi connectivity index (χ3v) is 5.42. The number of halogens is 5. The van der Waals surface area contributed by atoms with Crippen LogP contribution in [0.5, 0.6) is 0 Å². The van der Waals surface area contributed by atoms with E-state index < -0.39 is 11.7 Å². The molecular formula is C15H17Cl2F3N2OS. The van der Waals surface area contributed by atoms with Gasteiger partial charge in [0.25, 0.3) is 0 Å². The molecule has 134 valence electrons. The van der Waals surface area contributed by atoms with E-state index in [1.54, 1.807) is 6.07 Å². The fraction of sp³-hybridized carbons (Fsp3) is 0.533. The van der Waals surface area contributed by atoms with Gasteiger partial charge < -0.3 is 5.32 Å². The number of nitrogens with one attached hydrogen (secondary N) is 1. The summed E-state index contributed by atoms with van der Waals surface area (Å²) in [6, 6.07) is 3.95. The Balaban J connectivity index is 1.87. The van der Waals surface area contributed by atoms with Gasteiger partial charge in [-0.15, -0.1) is 11.6 Å². The molecular weight excluding hydrogens is 384 g/mol. The number of piperidine rings is 1. The van der Waals surface area contributed by atoms with Crippen molar-refractivity contribution in [2.45, 2.75) is 23.9 Å². The van der Waals surface area contributed by atoms with Crippen LogP contribution in [0.1, 0.15) is 18.4 Å². The van der Waals surface area contributed by atoms with Crippen LogP contribution in [0.2, 0.25) is 5.02 Å². The summed E-state index contributed by atoms with van der Waals surface area (Å²) in [7, 11) is 0. The molecule has 24 heavy (non-hydrogen) atoms. The summed E-state index contributed by atoms with van der Waals surface area (Å²) < 4.78 is 40.7. The van der Waals surface area contributed by atoms with Gasteiger partial charge in [0.15, 0.2) is 0 Å². The molecule has 9 heteroatoms. The Morgan fingerprint density at radius 1 is 1.33 bits per heavy atom. The second-order valence-electron chi connectivity index (χ2n) is 5.54. The number of carbonyl (C=O) groups excluding carboxylic acids is 1. The van der Waals surface area contributed by atoms with Gasteiger partial charge >= 0.3 is 6.18 Å². The van der Waals surface area contributed by atoms with E-state index >= 15 is 0 Å². The van der Waals surface area contributed by atoms with Crippen molar-refractivity contribution >= 4 is 41.1 Å². The SMILES string of the molecule is O=C(CCl)NCC1CCN(Sc2ccc(Cl)c(C(F)(F)F)c2)CC1. The summed E-state index contributed by atoms with van der Waals surface area (Å²) in [6.07, 6.45) is -2.72. The third kappa shape index (κ3) is 5.72. The molecule has 0 radical (unpaired) electrons. The summed E-state index contributed by atoms with van der Waals surface area (Å²) in [5.41, 5.74) is -0.812. The summed E-state index contributed by atoms with van der Waals surface area (Å²) in [6.45, 7) is 2.08. The summed E-state index contributed by atoms with van der Waals surface area (Å²) in [4.78, 5) is 11.7. The van der Waals surface area contributed by atoms with Crippen LogP contribution in [-0.2, 0) is 11.0 Å². The van der Waals surface area contributed by atoms with E-state index in [2.05, 4.69) is 5.32 Å². The number of rotatable bonds is 5. The van der Waals surface area contributed by atoms with Gasteiger partial charge in [-0.2, -0.15) is 13.2 Å². The molecule has 1 amide bonds. The Morgan fingerprint density at radius 2 is 2.00 bits per heavy atom. The van der Waals surface area contributed by atoms with E-state index in [0.29, 0.717) is 17.4 Å². The Hall–Kier alpha value is -0.630. The van der Waals surface area contributed by atoms with Crippen LogP contribution in [0.15, 0.2) is 23.1 Å². The smallest absolute Gasteiger partial charge is 0.355 e. The van der Waals surface area contributed by atoms with Crippen molar-refractivity contribution in [3.05, 3.63) is 28.8 Å². The van der Waals surface area contributed by atoms with Gasteiger partial charge in [0.2, 0.25) is 5.91 Å². The van der Waals surface area contributed by atoms with Gasteiger partial charge in [-0.1, -0.05) is 11.6 Å². The Labute approximate surface area is 153 Å². The zero-order valence-corrected chi connectivity index (χ0v) is 15.0. The maximum absolute atomic E-state index is 12.9. The van der Waals surface area contributed by atoms with Crippen molar-refractivity contribution in [3.8, 4) is 0 Å². The zero-order chi connectivity index (χ0) is 17.7. The molecule has 0 aliphatic carbocycles. The number of nitrogens with zero attached hydrogens (tertiary/aromatic N) is 1. The molecule has 1 aliphatic rings.